The fraction of sp³-hybridized carbons (Fsp3) is 0.500. The Balaban J connectivity index is 1.95. The van der Waals surface area contributed by atoms with Crippen LogP contribution in [-0.2, 0) is 11.2 Å². The molecule has 6 nitrogen and oxygen atoms in total. The van der Waals surface area contributed by atoms with Crippen LogP contribution in [0.25, 0.3) is 0 Å². The predicted octanol–water partition coefficient (Wildman–Crippen LogP) is 2.12. The molecule has 1 heterocycles. The number of piperidine rings is 1. The van der Waals surface area contributed by atoms with Gasteiger partial charge < -0.3 is 10.6 Å². The van der Waals surface area contributed by atoms with Gasteiger partial charge in [-0.05, 0) is 37.3 Å². The second kappa shape index (κ2) is 6.36. The molecule has 1 aliphatic heterocycles. The molecule has 0 aromatic heterocycles. The van der Waals surface area contributed by atoms with Crippen LogP contribution >= 0.6 is 0 Å². The van der Waals surface area contributed by atoms with Crippen molar-refractivity contribution in [3.63, 3.8) is 0 Å². The Kier molecular flexibility index (Phi) is 4.55. The lowest BCUT2D eigenvalue weighted by molar-refractivity contribution is -0.384. The van der Waals surface area contributed by atoms with Gasteiger partial charge >= 0.3 is 0 Å². The van der Waals surface area contributed by atoms with Crippen LogP contribution < -0.4 is 5.73 Å². The van der Waals surface area contributed by atoms with Gasteiger partial charge in [0.25, 0.3) is 5.69 Å². The Morgan fingerprint density at radius 1 is 1.30 bits per heavy atom. The number of likely N-dealkylation sites (tertiary alicyclic amines) is 1. The summed E-state index contributed by atoms with van der Waals surface area (Å²) in [6.45, 7) is 1.67. The maximum Gasteiger partial charge on any atom is 0.292 e. The van der Waals surface area contributed by atoms with Crippen molar-refractivity contribution < 1.29 is 9.72 Å². The zero-order valence-electron chi connectivity index (χ0n) is 11.4. The monoisotopic (exact) mass is 277 g/mol. The number of amides is 1. The van der Waals surface area contributed by atoms with Crippen LogP contribution in [0.5, 0.6) is 0 Å². The molecule has 0 bridgehead atoms. The SMILES string of the molecule is Nc1ccc(CCC(=O)N2CCCCC2)cc1[N+](=O)[O-]. The van der Waals surface area contributed by atoms with Gasteiger partial charge in [0.2, 0.25) is 5.91 Å². The number of hydrogen-bond acceptors (Lipinski definition) is 4. The van der Waals surface area contributed by atoms with Crippen molar-refractivity contribution in [1.29, 1.82) is 0 Å². The van der Waals surface area contributed by atoms with Gasteiger partial charge in [0.15, 0.2) is 0 Å². The molecule has 1 amide bonds. The van der Waals surface area contributed by atoms with Gasteiger partial charge in [-0.3, -0.25) is 14.9 Å². The maximum absolute atomic E-state index is 12.0. The summed E-state index contributed by atoms with van der Waals surface area (Å²) in [7, 11) is 0. The van der Waals surface area contributed by atoms with E-state index in [0.29, 0.717) is 12.8 Å². The second-order valence-corrected chi connectivity index (χ2v) is 5.09. The summed E-state index contributed by atoms with van der Waals surface area (Å²) in [4.78, 5) is 24.2. The first-order valence-corrected chi connectivity index (χ1v) is 6.88. The van der Waals surface area contributed by atoms with Crippen LogP contribution in [0.15, 0.2) is 18.2 Å². The Morgan fingerprint density at radius 3 is 2.65 bits per heavy atom. The predicted molar refractivity (Wildman–Crippen MR) is 76.3 cm³/mol. The molecule has 1 saturated heterocycles. The third-order valence-electron chi connectivity index (χ3n) is 3.63. The molecule has 1 aromatic rings. The number of nitrogens with two attached hydrogens (primary N) is 1. The van der Waals surface area contributed by atoms with E-state index in [1.807, 2.05) is 4.90 Å². The third kappa shape index (κ3) is 3.46. The zero-order valence-corrected chi connectivity index (χ0v) is 11.4. The molecule has 108 valence electrons. The summed E-state index contributed by atoms with van der Waals surface area (Å²) in [5.74, 6) is 0.129. The zero-order chi connectivity index (χ0) is 14.5. The number of anilines is 1. The molecular weight excluding hydrogens is 258 g/mol. The van der Waals surface area contributed by atoms with Crippen molar-refractivity contribution in [3.05, 3.63) is 33.9 Å². The van der Waals surface area contributed by atoms with Crippen LogP contribution in [-0.4, -0.2) is 28.8 Å². The normalized spacial score (nSPS) is 15.1. The Labute approximate surface area is 117 Å². The van der Waals surface area contributed by atoms with E-state index >= 15 is 0 Å². The number of benzene rings is 1. The van der Waals surface area contributed by atoms with Gasteiger partial charge in [0, 0.05) is 25.6 Å². The summed E-state index contributed by atoms with van der Waals surface area (Å²) in [5.41, 5.74) is 6.38. The lowest BCUT2D eigenvalue weighted by atomic mass is 10.1. The van der Waals surface area contributed by atoms with Crippen LogP contribution in [0.2, 0.25) is 0 Å². The smallest absolute Gasteiger partial charge is 0.292 e. The molecule has 1 aromatic carbocycles. The minimum absolute atomic E-state index is 0.0899. The second-order valence-electron chi connectivity index (χ2n) is 5.09. The molecule has 0 radical (unpaired) electrons. The number of hydrogen-bond donors (Lipinski definition) is 1. The molecule has 20 heavy (non-hydrogen) atoms. The number of carbonyl (C=O) groups excluding carboxylic acids is 1. The summed E-state index contributed by atoms with van der Waals surface area (Å²) >= 11 is 0. The van der Waals surface area contributed by atoms with Crippen molar-refractivity contribution >= 4 is 17.3 Å². The lowest BCUT2D eigenvalue weighted by Gasteiger charge is -2.26. The highest BCUT2D eigenvalue weighted by Crippen LogP contribution is 2.23. The minimum Gasteiger partial charge on any atom is -0.393 e. The molecule has 0 spiro atoms. The van der Waals surface area contributed by atoms with E-state index in [9.17, 15) is 14.9 Å². The fourth-order valence-electron chi connectivity index (χ4n) is 2.46. The lowest BCUT2D eigenvalue weighted by Crippen LogP contribution is -2.35. The van der Waals surface area contributed by atoms with E-state index < -0.39 is 4.92 Å². The molecule has 2 rings (SSSR count). The van der Waals surface area contributed by atoms with Crippen molar-refractivity contribution in [2.75, 3.05) is 18.8 Å². The average molecular weight is 277 g/mol. The highest BCUT2D eigenvalue weighted by molar-refractivity contribution is 5.76. The van der Waals surface area contributed by atoms with Gasteiger partial charge in [-0.25, -0.2) is 0 Å². The highest BCUT2D eigenvalue weighted by Gasteiger charge is 2.17. The molecule has 1 fully saturated rings. The van der Waals surface area contributed by atoms with Crippen LogP contribution in [0.4, 0.5) is 11.4 Å². The molecule has 0 atom stereocenters. The first kappa shape index (κ1) is 14.3. The Hall–Kier alpha value is -2.11. The van der Waals surface area contributed by atoms with E-state index in [4.69, 9.17) is 5.73 Å². The Morgan fingerprint density at radius 2 is 2.00 bits per heavy atom. The van der Waals surface area contributed by atoms with Crippen LogP contribution in [0, 0.1) is 10.1 Å². The van der Waals surface area contributed by atoms with Crippen molar-refractivity contribution in [1.82, 2.24) is 4.90 Å². The van der Waals surface area contributed by atoms with Crippen LogP contribution in [0.1, 0.15) is 31.2 Å². The van der Waals surface area contributed by atoms with Crippen LogP contribution in [0.3, 0.4) is 0 Å². The molecular formula is C14H19N3O3. The molecule has 1 aliphatic rings. The number of nitrogen functional groups attached to an aromatic ring is 1. The number of rotatable bonds is 4. The first-order chi connectivity index (χ1) is 9.58. The molecule has 0 unspecified atom stereocenters. The summed E-state index contributed by atoms with van der Waals surface area (Å²) in [6.07, 6.45) is 4.23. The first-order valence-electron chi connectivity index (χ1n) is 6.88. The topological polar surface area (TPSA) is 89.5 Å². The van der Waals surface area contributed by atoms with Crippen molar-refractivity contribution in [2.24, 2.45) is 0 Å². The number of nitro groups is 1. The standard InChI is InChI=1S/C14H19N3O3/c15-12-6-4-11(10-13(12)17(19)20)5-7-14(18)16-8-2-1-3-9-16/h4,6,10H,1-3,5,7-9,15H2. The van der Waals surface area contributed by atoms with E-state index in [0.717, 1.165) is 31.5 Å². The number of carbonyl (C=O) groups is 1. The minimum atomic E-state index is -0.495. The van der Waals surface area contributed by atoms with E-state index in [-0.39, 0.29) is 17.3 Å². The third-order valence-corrected chi connectivity index (χ3v) is 3.63. The van der Waals surface area contributed by atoms with Gasteiger partial charge in [-0.2, -0.15) is 0 Å². The van der Waals surface area contributed by atoms with Crippen molar-refractivity contribution in [2.45, 2.75) is 32.1 Å². The van der Waals surface area contributed by atoms with Gasteiger partial charge in [0.1, 0.15) is 5.69 Å². The van der Waals surface area contributed by atoms with Gasteiger partial charge in [-0.15, -0.1) is 0 Å². The summed E-state index contributed by atoms with van der Waals surface area (Å²) in [6, 6.07) is 4.73. The van der Waals surface area contributed by atoms with E-state index in [2.05, 4.69) is 0 Å². The molecule has 0 saturated carbocycles. The highest BCUT2D eigenvalue weighted by atomic mass is 16.6. The summed E-state index contributed by atoms with van der Waals surface area (Å²) < 4.78 is 0. The number of aryl methyl sites for hydroxylation is 1. The molecule has 2 N–H and O–H groups in total. The molecule has 0 aliphatic carbocycles. The van der Waals surface area contributed by atoms with Gasteiger partial charge in [-0.1, -0.05) is 6.07 Å². The fourth-order valence-corrected chi connectivity index (χ4v) is 2.46. The van der Waals surface area contributed by atoms with Crippen molar-refractivity contribution in [3.8, 4) is 0 Å². The van der Waals surface area contributed by atoms with E-state index in [1.165, 1.54) is 18.6 Å². The number of nitro benzene ring substituents is 1. The maximum atomic E-state index is 12.0. The van der Waals surface area contributed by atoms with Gasteiger partial charge in [0.05, 0.1) is 4.92 Å². The summed E-state index contributed by atoms with van der Waals surface area (Å²) in [5, 5.41) is 10.8. The van der Waals surface area contributed by atoms with E-state index in [1.54, 1.807) is 6.07 Å². The molecule has 6 heteroatoms. The largest absolute Gasteiger partial charge is 0.393 e. The quantitative estimate of drug-likeness (QED) is 0.518. The Bertz CT molecular complexity index is 510. The number of nitrogens with zero attached hydrogens (tertiary/aromatic N) is 2. The average Bonchev–Trinajstić information content (AvgIpc) is 2.46.